The number of aliphatic hydroxyl groups is 1. The van der Waals surface area contributed by atoms with Crippen LogP contribution in [0.3, 0.4) is 0 Å². The van der Waals surface area contributed by atoms with E-state index in [1.165, 1.54) is 0 Å². The van der Waals surface area contributed by atoms with Gasteiger partial charge in [-0.3, -0.25) is 9.69 Å². The lowest BCUT2D eigenvalue weighted by Gasteiger charge is -2.25. The lowest BCUT2D eigenvalue weighted by atomic mass is 9.83. The van der Waals surface area contributed by atoms with Gasteiger partial charge in [0.25, 0.3) is 0 Å². The maximum Gasteiger partial charge on any atom is 0.310 e. The van der Waals surface area contributed by atoms with E-state index in [0.29, 0.717) is 32.5 Å². The molecule has 2 N–H and O–H groups in total. The lowest BCUT2D eigenvalue weighted by molar-refractivity contribution is -0.148. The molecule has 5 heteroatoms. The smallest absolute Gasteiger partial charge is 0.310 e. The molecule has 2 atom stereocenters. The first-order chi connectivity index (χ1) is 8.04. The quantitative estimate of drug-likeness (QED) is 0.686. The summed E-state index contributed by atoms with van der Waals surface area (Å²) in [5.74, 6) is -0.705. The van der Waals surface area contributed by atoms with Crippen molar-refractivity contribution in [2.75, 3.05) is 33.4 Å². The first-order valence-electron chi connectivity index (χ1n) is 6.17. The Kier molecular flexibility index (Phi) is 5.36. The second-order valence-corrected chi connectivity index (χ2v) is 4.93. The highest BCUT2D eigenvalue weighted by Gasteiger charge is 2.44. The third kappa shape index (κ3) is 3.66. The fourth-order valence-corrected chi connectivity index (χ4v) is 2.62. The van der Waals surface area contributed by atoms with Gasteiger partial charge in [0.1, 0.15) is 0 Å². The van der Waals surface area contributed by atoms with Gasteiger partial charge in [-0.1, -0.05) is 13.3 Å². The van der Waals surface area contributed by atoms with Crippen LogP contribution in [0.25, 0.3) is 0 Å². The summed E-state index contributed by atoms with van der Waals surface area (Å²) >= 11 is 0. The second kappa shape index (κ2) is 6.33. The van der Waals surface area contributed by atoms with Crippen molar-refractivity contribution < 1.29 is 19.7 Å². The zero-order chi connectivity index (χ0) is 12.9. The average Bonchev–Trinajstić information content (AvgIpc) is 2.63. The number of carboxylic acids is 1. The van der Waals surface area contributed by atoms with Crippen molar-refractivity contribution in [3.8, 4) is 0 Å². The van der Waals surface area contributed by atoms with Crippen LogP contribution >= 0.6 is 0 Å². The van der Waals surface area contributed by atoms with E-state index in [4.69, 9.17) is 4.74 Å². The molecule has 0 spiro atoms. The van der Waals surface area contributed by atoms with Crippen LogP contribution in [0.5, 0.6) is 0 Å². The summed E-state index contributed by atoms with van der Waals surface area (Å²) in [6.07, 6.45) is 1.72. The normalized spacial score (nSPS) is 27.2. The largest absolute Gasteiger partial charge is 0.481 e. The molecule has 0 aromatic heterocycles. The third-order valence-electron chi connectivity index (χ3n) is 3.44. The maximum absolute atomic E-state index is 11.4. The molecule has 17 heavy (non-hydrogen) atoms. The van der Waals surface area contributed by atoms with Gasteiger partial charge < -0.3 is 14.9 Å². The Balaban J connectivity index is 2.51. The van der Waals surface area contributed by atoms with Crippen LogP contribution in [0.15, 0.2) is 0 Å². The van der Waals surface area contributed by atoms with Crippen molar-refractivity contribution in [3.05, 3.63) is 0 Å². The molecular weight excluding hydrogens is 222 g/mol. The van der Waals surface area contributed by atoms with Crippen LogP contribution < -0.4 is 0 Å². The number of β-amino-alcohol motifs (C(OH)–C–C–N with tert-alkyl or cyclic N) is 1. The van der Waals surface area contributed by atoms with Gasteiger partial charge in [-0.05, 0) is 19.4 Å². The molecule has 1 heterocycles. The second-order valence-electron chi connectivity index (χ2n) is 4.93. The molecule has 1 saturated heterocycles. The van der Waals surface area contributed by atoms with Crippen molar-refractivity contribution in [2.24, 2.45) is 5.41 Å². The minimum absolute atomic E-state index is 0.296. The molecule has 0 aromatic carbocycles. The fourth-order valence-electron chi connectivity index (χ4n) is 2.62. The Morgan fingerprint density at radius 1 is 1.59 bits per heavy atom. The van der Waals surface area contributed by atoms with E-state index < -0.39 is 17.5 Å². The number of ether oxygens (including phenoxy) is 1. The molecule has 0 aliphatic carbocycles. The molecule has 0 radical (unpaired) electrons. The van der Waals surface area contributed by atoms with E-state index in [1.807, 2.05) is 11.8 Å². The van der Waals surface area contributed by atoms with E-state index in [9.17, 15) is 15.0 Å². The predicted molar refractivity (Wildman–Crippen MR) is 63.9 cm³/mol. The molecule has 0 aromatic rings. The molecule has 1 rings (SSSR count). The number of rotatable bonds is 7. The molecule has 2 unspecified atom stereocenters. The van der Waals surface area contributed by atoms with E-state index >= 15 is 0 Å². The number of carboxylic acid groups (broad SMARTS) is 1. The maximum atomic E-state index is 11.4. The highest BCUT2D eigenvalue weighted by molar-refractivity contribution is 5.75. The molecule has 0 amide bonds. The predicted octanol–water partition coefficient (Wildman–Crippen LogP) is 0.570. The SMILES string of the molecule is CCCC1(C(=O)O)CCN(CC(O)COC)C1. The zero-order valence-corrected chi connectivity index (χ0v) is 10.7. The molecule has 1 aliphatic heterocycles. The number of hydrogen-bond acceptors (Lipinski definition) is 4. The van der Waals surface area contributed by atoms with Crippen LogP contribution in [-0.4, -0.2) is 60.5 Å². The monoisotopic (exact) mass is 245 g/mol. The summed E-state index contributed by atoms with van der Waals surface area (Å²) in [7, 11) is 1.55. The Bertz CT molecular complexity index is 259. The number of likely N-dealkylation sites (tertiary alicyclic amines) is 1. The van der Waals surface area contributed by atoms with Crippen LogP contribution in [0, 0.1) is 5.41 Å². The van der Waals surface area contributed by atoms with Crippen molar-refractivity contribution >= 4 is 5.97 Å². The number of aliphatic carboxylic acids is 1. The standard InChI is InChI=1S/C12H23NO4/c1-3-4-12(11(15)16)5-6-13(9-12)7-10(14)8-17-2/h10,14H,3-9H2,1-2H3,(H,15,16). The van der Waals surface area contributed by atoms with Crippen molar-refractivity contribution in [3.63, 3.8) is 0 Å². The summed E-state index contributed by atoms with van der Waals surface area (Å²) in [5.41, 5.74) is -0.610. The summed E-state index contributed by atoms with van der Waals surface area (Å²) in [6, 6.07) is 0. The number of aliphatic hydroxyl groups excluding tert-OH is 1. The van der Waals surface area contributed by atoms with Crippen molar-refractivity contribution in [1.29, 1.82) is 0 Å². The van der Waals surface area contributed by atoms with Crippen molar-refractivity contribution in [2.45, 2.75) is 32.3 Å². The number of hydrogen-bond donors (Lipinski definition) is 2. The van der Waals surface area contributed by atoms with Gasteiger partial charge in [0, 0.05) is 20.2 Å². The zero-order valence-electron chi connectivity index (χ0n) is 10.7. The third-order valence-corrected chi connectivity index (χ3v) is 3.44. The van der Waals surface area contributed by atoms with Gasteiger partial charge in [-0.15, -0.1) is 0 Å². The topological polar surface area (TPSA) is 70.0 Å². The average molecular weight is 245 g/mol. The molecule has 1 fully saturated rings. The highest BCUT2D eigenvalue weighted by atomic mass is 16.5. The molecule has 0 saturated carbocycles. The summed E-state index contributed by atoms with van der Waals surface area (Å²) in [6.45, 7) is 4.08. The van der Waals surface area contributed by atoms with E-state index in [-0.39, 0.29) is 0 Å². The van der Waals surface area contributed by atoms with Gasteiger partial charge in [0.2, 0.25) is 0 Å². The van der Waals surface area contributed by atoms with Gasteiger partial charge in [0.15, 0.2) is 0 Å². The van der Waals surface area contributed by atoms with Crippen LogP contribution in [0.1, 0.15) is 26.2 Å². The molecule has 1 aliphatic rings. The lowest BCUT2D eigenvalue weighted by Crippen LogP contribution is -2.38. The number of methoxy groups -OCH3 is 1. The Hall–Kier alpha value is -0.650. The first kappa shape index (κ1) is 14.4. The van der Waals surface area contributed by atoms with E-state index in [1.54, 1.807) is 7.11 Å². The Morgan fingerprint density at radius 3 is 2.82 bits per heavy atom. The first-order valence-corrected chi connectivity index (χ1v) is 6.17. The summed E-state index contributed by atoms with van der Waals surface area (Å²) in [5, 5.41) is 19.0. The highest BCUT2D eigenvalue weighted by Crippen LogP contribution is 2.35. The van der Waals surface area contributed by atoms with Gasteiger partial charge >= 0.3 is 5.97 Å². The minimum atomic E-state index is -0.705. The fraction of sp³-hybridized carbons (Fsp3) is 0.917. The van der Waals surface area contributed by atoms with Gasteiger partial charge in [-0.25, -0.2) is 0 Å². The summed E-state index contributed by atoms with van der Waals surface area (Å²) < 4.78 is 4.87. The van der Waals surface area contributed by atoms with E-state index in [0.717, 1.165) is 13.0 Å². The van der Waals surface area contributed by atoms with Crippen LogP contribution in [0.2, 0.25) is 0 Å². The van der Waals surface area contributed by atoms with E-state index in [2.05, 4.69) is 0 Å². The molecule has 100 valence electrons. The summed E-state index contributed by atoms with van der Waals surface area (Å²) in [4.78, 5) is 13.4. The van der Waals surface area contributed by atoms with Crippen LogP contribution in [-0.2, 0) is 9.53 Å². The Morgan fingerprint density at radius 2 is 2.29 bits per heavy atom. The Labute approximate surface area is 102 Å². The number of nitrogens with zero attached hydrogens (tertiary/aromatic N) is 1. The minimum Gasteiger partial charge on any atom is -0.481 e. The molecule has 0 bridgehead atoms. The molecule has 5 nitrogen and oxygen atoms in total. The van der Waals surface area contributed by atoms with Crippen molar-refractivity contribution in [1.82, 2.24) is 4.90 Å². The van der Waals surface area contributed by atoms with Gasteiger partial charge in [-0.2, -0.15) is 0 Å². The number of carbonyl (C=O) groups is 1. The van der Waals surface area contributed by atoms with Crippen LogP contribution in [0.4, 0.5) is 0 Å². The molecular formula is C12H23NO4. The van der Waals surface area contributed by atoms with Gasteiger partial charge in [0.05, 0.1) is 18.1 Å².